The van der Waals surface area contributed by atoms with Gasteiger partial charge in [-0.25, -0.2) is 4.79 Å². The van der Waals surface area contributed by atoms with Gasteiger partial charge in [0, 0.05) is 12.6 Å². The van der Waals surface area contributed by atoms with Gasteiger partial charge in [-0.1, -0.05) is 32.4 Å². The monoisotopic (exact) mass is 303 g/mol. The Morgan fingerprint density at radius 2 is 1.77 bits per heavy atom. The van der Waals surface area contributed by atoms with Crippen molar-refractivity contribution in [2.75, 3.05) is 0 Å². The first-order chi connectivity index (χ1) is 10.6. The van der Waals surface area contributed by atoms with Crippen LogP contribution in [0, 0.1) is 0 Å². The number of hydrogen-bond acceptors (Lipinski definition) is 2. The minimum absolute atomic E-state index is 0.0735. The third-order valence-electron chi connectivity index (χ3n) is 3.80. The molecule has 0 aliphatic rings. The summed E-state index contributed by atoms with van der Waals surface area (Å²) in [6, 6.07) is 7.78. The van der Waals surface area contributed by atoms with Crippen LogP contribution < -0.4 is 11.0 Å². The number of fused-ring (bicyclic) bond motifs is 1. The second kappa shape index (κ2) is 7.29. The summed E-state index contributed by atoms with van der Waals surface area (Å²) >= 11 is 0. The number of hydrogen-bond donors (Lipinski definition) is 1. The number of aryl methyl sites for hydroxylation is 1. The van der Waals surface area contributed by atoms with Crippen molar-refractivity contribution in [3.63, 3.8) is 0 Å². The Hall–Kier alpha value is -2.04. The van der Waals surface area contributed by atoms with Gasteiger partial charge < -0.3 is 5.32 Å². The molecule has 120 valence electrons. The molecule has 0 bridgehead atoms. The zero-order valence-corrected chi connectivity index (χ0v) is 13.6. The maximum atomic E-state index is 12.6. The lowest BCUT2D eigenvalue weighted by atomic mass is 10.2. The van der Waals surface area contributed by atoms with Crippen molar-refractivity contribution in [3.8, 4) is 0 Å². The van der Waals surface area contributed by atoms with E-state index in [4.69, 9.17) is 0 Å². The maximum Gasteiger partial charge on any atom is 0.329 e. The van der Waals surface area contributed by atoms with Crippen molar-refractivity contribution < 1.29 is 4.79 Å². The Morgan fingerprint density at radius 1 is 1.14 bits per heavy atom. The molecule has 22 heavy (non-hydrogen) atoms. The highest BCUT2D eigenvalue weighted by atomic mass is 16.2. The van der Waals surface area contributed by atoms with Crippen LogP contribution in [0.4, 0.5) is 0 Å². The fraction of sp³-hybridized carbons (Fsp3) is 0.529. The summed E-state index contributed by atoms with van der Waals surface area (Å²) < 4.78 is 3.32. The molecule has 0 spiro atoms. The summed E-state index contributed by atoms with van der Waals surface area (Å²) in [4.78, 5) is 24.8. The molecule has 1 amide bonds. The summed E-state index contributed by atoms with van der Waals surface area (Å²) in [5.74, 6) is -0.109. The first kappa shape index (κ1) is 16.3. The molecule has 0 aliphatic carbocycles. The molecular formula is C17H25N3O2. The van der Waals surface area contributed by atoms with Crippen molar-refractivity contribution >= 4 is 16.9 Å². The van der Waals surface area contributed by atoms with E-state index in [-0.39, 0.29) is 24.2 Å². The molecule has 1 unspecified atom stereocenters. The average Bonchev–Trinajstić information content (AvgIpc) is 2.74. The summed E-state index contributed by atoms with van der Waals surface area (Å²) in [5, 5.41) is 2.95. The van der Waals surface area contributed by atoms with Crippen LogP contribution in [0.3, 0.4) is 0 Å². The molecule has 0 aliphatic heterocycles. The molecule has 1 aromatic heterocycles. The van der Waals surface area contributed by atoms with Gasteiger partial charge in [-0.3, -0.25) is 13.9 Å². The number of carbonyl (C=O) groups is 1. The molecule has 1 N–H and O–H groups in total. The van der Waals surface area contributed by atoms with Crippen LogP contribution in [0.1, 0.15) is 40.0 Å². The number of aromatic nitrogens is 2. The molecule has 0 saturated carbocycles. The summed E-state index contributed by atoms with van der Waals surface area (Å²) in [6.07, 6.45) is 2.85. The molecule has 1 heterocycles. The molecule has 1 aromatic carbocycles. The van der Waals surface area contributed by atoms with Crippen molar-refractivity contribution in [2.45, 2.75) is 59.2 Å². The van der Waals surface area contributed by atoms with E-state index >= 15 is 0 Å². The lowest BCUT2D eigenvalue weighted by molar-refractivity contribution is -0.122. The van der Waals surface area contributed by atoms with Crippen LogP contribution in [-0.2, 0) is 17.9 Å². The number of carbonyl (C=O) groups excluding carboxylic acids is 1. The highest BCUT2D eigenvalue weighted by Crippen LogP contribution is 2.13. The second-order valence-corrected chi connectivity index (χ2v) is 5.77. The highest BCUT2D eigenvalue weighted by Gasteiger charge is 2.15. The van der Waals surface area contributed by atoms with Crippen molar-refractivity contribution in [1.29, 1.82) is 0 Å². The van der Waals surface area contributed by atoms with Crippen LogP contribution in [0.5, 0.6) is 0 Å². The topological polar surface area (TPSA) is 56.0 Å². The lowest BCUT2D eigenvalue weighted by Gasteiger charge is -2.12. The van der Waals surface area contributed by atoms with Gasteiger partial charge in [-0.15, -0.1) is 0 Å². The van der Waals surface area contributed by atoms with Gasteiger partial charge in [-0.05, 0) is 31.9 Å². The van der Waals surface area contributed by atoms with Crippen LogP contribution in [0.15, 0.2) is 29.1 Å². The molecule has 0 saturated heterocycles. The Balaban J connectivity index is 2.29. The SMILES string of the molecule is CCCC(C)NC(=O)Cn1c(=O)n(CCC)c2ccccc21. The molecule has 5 nitrogen and oxygen atoms in total. The van der Waals surface area contributed by atoms with Crippen LogP contribution in [0.25, 0.3) is 11.0 Å². The third kappa shape index (κ3) is 3.40. The number of imidazole rings is 1. The first-order valence-electron chi connectivity index (χ1n) is 8.05. The van der Waals surface area contributed by atoms with Gasteiger partial charge in [0.25, 0.3) is 0 Å². The normalized spacial score (nSPS) is 12.5. The molecule has 2 aromatic rings. The molecule has 0 radical (unpaired) electrons. The number of nitrogens with one attached hydrogen (secondary N) is 1. The van der Waals surface area contributed by atoms with E-state index in [1.54, 1.807) is 9.13 Å². The van der Waals surface area contributed by atoms with Crippen molar-refractivity contribution in [3.05, 3.63) is 34.7 Å². The Labute approximate surface area is 130 Å². The second-order valence-electron chi connectivity index (χ2n) is 5.77. The average molecular weight is 303 g/mol. The van der Waals surface area contributed by atoms with Gasteiger partial charge >= 0.3 is 5.69 Å². The fourth-order valence-electron chi connectivity index (χ4n) is 2.83. The smallest absolute Gasteiger partial charge is 0.329 e. The van der Waals surface area contributed by atoms with E-state index in [9.17, 15) is 9.59 Å². The Morgan fingerprint density at radius 3 is 2.36 bits per heavy atom. The molecule has 1 atom stereocenters. The van der Waals surface area contributed by atoms with Crippen LogP contribution in [0.2, 0.25) is 0 Å². The standard InChI is InChI=1S/C17H25N3O2/c1-4-8-13(3)18-16(21)12-20-15-10-7-6-9-14(15)19(11-5-2)17(20)22/h6-7,9-10,13H,4-5,8,11-12H2,1-3H3,(H,18,21). The maximum absolute atomic E-state index is 12.6. The third-order valence-corrected chi connectivity index (χ3v) is 3.80. The Bertz CT molecular complexity index is 699. The van der Waals surface area contributed by atoms with Gasteiger partial charge in [0.1, 0.15) is 6.54 Å². The fourth-order valence-corrected chi connectivity index (χ4v) is 2.83. The summed E-state index contributed by atoms with van der Waals surface area (Å²) in [7, 11) is 0. The van der Waals surface area contributed by atoms with E-state index in [2.05, 4.69) is 12.2 Å². The number of rotatable bonds is 7. The van der Waals surface area contributed by atoms with Crippen LogP contribution >= 0.6 is 0 Å². The van der Waals surface area contributed by atoms with E-state index < -0.39 is 0 Å². The largest absolute Gasteiger partial charge is 0.352 e. The lowest BCUT2D eigenvalue weighted by Crippen LogP contribution is -2.37. The predicted molar refractivity (Wildman–Crippen MR) is 89.0 cm³/mol. The summed E-state index contributed by atoms with van der Waals surface area (Å²) in [6.45, 7) is 6.86. The predicted octanol–water partition coefficient (Wildman–Crippen LogP) is 2.52. The highest BCUT2D eigenvalue weighted by molar-refractivity contribution is 5.81. The molecule has 2 rings (SSSR count). The molecule has 0 fully saturated rings. The van der Waals surface area contributed by atoms with E-state index in [0.717, 1.165) is 30.3 Å². The zero-order chi connectivity index (χ0) is 16.1. The van der Waals surface area contributed by atoms with Gasteiger partial charge in [0.15, 0.2) is 0 Å². The minimum atomic E-state index is -0.110. The number of amides is 1. The first-order valence-corrected chi connectivity index (χ1v) is 8.05. The van der Waals surface area contributed by atoms with Gasteiger partial charge in [-0.2, -0.15) is 0 Å². The van der Waals surface area contributed by atoms with Gasteiger partial charge in [0.2, 0.25) is 5.91 Å². The van der Waals surface area contributed by atoms with E-state index in [1.807, 2.05) is 38.1 Å². The molecular weight excluding hydrogens is 278 g/mol. The van der Waals surface area contributed by atoms with Gasteiger partial charge in [0.05, 0.1) is 11.0 Å². The number of nitrogens with zero attached hydrogens (tertiary/aromatic N) is 2. The zero-order valence-electron chi connectivity index (χ0n) is 13.6. The minimum Gasteiger partial charge on any atom is -0.352 e. The number of para-hydroxylation sites is 2. The quantitative estimate of drug-likeness (QED) is 0.854. The van der Waals surface area contributed by atoms with Crippen molar-refractivity contribution in [1.82, 2.24) is 14.5 Å². The summed E-state index contributed by atoms with van der Waals surface area (Å²) in [5.41, 5.74) is 1.60. The van der Waals surface area contributed by atoms with E-state index in [0.29, 0.717) is 6.54 Å². The van der Waals surface area contributed by atoms with E-state index in [1.165, 1.54) is 0 Å². The van der Waals surface area contributed by atoms with Crippen LogP contribution in [-0.4, -0.2) is 21.1 Å². The van der Waals surface area contributed by atoms with Crippen molar-refractivity contribution in [2.24, 2.45) is 0 Å². The molecule has 5 heteroatoms. The Kier molecular flexibility index (Phi) is 5.41. The number of benzene rings is 1.